The molecule has 5 nitrogen and oxygen atoms in total. The highest BCUT2D eigenvalue weighted by molar-refractivity contribution is 5.89. The molecule has 0 radical (unpaired) electrons. The first kappa shape index (κ1) is 20.0. The van der Waals surface area contributed by atoms with E-state index in [0.717, 1.165) is 12.8 Å². The van der Waals surface area contributed by atoms with Crippen LogP contribution in [0.4, 0.5) is 0 Å². The third-order valence-corrected chi connectivity index (χ3v) is 2.40. The van der Waals surface area contributed by atoms with Crippen LogP contribution in [0.15, 0.2) is 12.2 Å². The molecular formula is C14H26O5. The van der Waals surface area contributed by atoms with Gasteiger partial charge in [-0.3, -0.25) is 0 Å². The molecule has 1 unspecified atom stereocenters. The lowest BCUT2D eigenvalue weighted by atomic mass is 10.1. The van der Waals surface area contributed by atoms with Gasteiger partial charge in [0.05, 0.1) is 6.10 Å². The zero-order chi connectivity index (χ0) is 15.1. The van der Waals surface area contributed by atoms with E-state index in [0.29, 0.717) is 12.2 Å². The van der Waals surface area contributed by atoms with Crippen LogP contribution in [-0.2, 0) is 9.59 Å². The van der Waals surface area contributed by atoms with Crippen LogP contribution in [0.1, 0.15) is 58.8 Å². The Bertz CT molecular complexity index is 245. The summed E-state index contributed by atoms with van der Waals surface area (Å²) in [5.74, 6) is -2.51. The lowest BCUT2D eigenvalue weighted by Gasteiger charge is -2.08. The molecule has 0 fully saturated rings. The third kappa shape index (κ3) is 22.3. The van der Waals surface area contributed by atoms with Crippen LogP contribution in [0.3, 0.4) is 0 Å². The summed E-state index contributed by atoms with van der Waals surface area (Å²) in [5, 5.41) is 25.0. The smallest absolute Gasteiger partial charge is 0.328 e. The van der Waals surface area contributed by atoms with Crippen molar-refractivity contribution in [2.75, 3.05) is 0 Å². The fourth-order valence-electron chi connectivity index (χ4n) is 1.36. The van der Waals surface area contributed by atoms with Crippen LogP contribution in [-0.4, -0.2) is 33.4 Å². The molecule has 0 heterocycles. The van der Waals surface area contributed by atoms with Gasteiger partial charge in [-0.05, 0) is 12.8 Å². The van der Waals surface area contributed by atoms with Crippen LogP contribution in [0, 0.1) is 0 Å². The molecule has 0 aromatic heterocycles. The second-order valence-corrected chi connectivity index (χ2v) is 4.30. The first-order valence-electron chi connectivity index (χ1n) is 6.76. The Kier molecular flexibility index (Phi) is 15.4. The first-order chi connectivity index (χ1) is 8.93. The number of aliphatic carboxylic acids is 2. The lowest BCUT2D eigenvalue weighted by Crippen LogP contribution is -2.05. The SMILES string of the molecule is CCCCCC(O)CCCC.O=C(O)/C=C/C(=O)O. The molecule has 0 aliphatic heterocycles. The molecule has 0 amide bonds. The van der Waals surface area contributed by atoms with Gasteiger partial charge in [-0.2, -0.15) is 0 Å². The highest BCUT2D eigenvalue weighted by Crippen LogP contribution is 2.08. The summed E-state index contributed by atoms with van der Waals surface area (Å²) >= 11 is 0. The van der Waals surface area contributed by atoms with Crippen LogP contribution in [0.2, 0.25) is 0 Å². The van der Waals surface area contributed by atoms with Crippen LogP contribution >= 0.6 is 0 Å². The second-order valence-electron chi connectivity index (χ2n) is 4.30. The van der Waals surface area contributed by atoms with E-state index in [1.54, 1.807) is 0 Å². The van der Waals surface area contributed by atoms with Gasteiger partial charge in [0.15, 0.2) is 0 Å². The number of carboxylic acid groups (broad SMARTS) is 2. The van der Waals surface area contributed by atoms with E-state index in [1.807, 2.05) is 0 Å². The van der Waals surface area contributed by atoms with Gasteiger partial charge in [0, 0.05) is 12.2 Å². The van der Waals surface area contributed by atoms with Crippen molar-refractivity contribution < 1.29 is 24.9 Å². The van der Waals surface area contributed by atoms with E-state index in [9.17, 15) is 14.7 Å². The van der Waals surface area contributed by atoms with Crippen molar-refractivity contribution in [3.05, 3.63) is 12.2 Å². The number of rotatable bonds is 9. The molecule has 0 bridgehead atoms. The second kappa shape index (κ2) is 14.7. The van der Waals surface area contributed by atoms with E-state index in [2.05, 4.69) is 13.8 Å². The molecule has 3 N–H and O–H groups in total. The minimum absolute atomic E-state index is 0.0264. The maximum absolute atomic E-state index is 9.55. The maximum atomic E-state index is 9.55. The Balaban J connectivity index is 0. The van der Waals surface area contributed by atoms with Crippen LogP contribution in [0.25, 0.3) is 0 Å². The van der Waals surface area contributed by atoms with Gasteiger partial charge in [0.25, 0.3) is 0 Å². The molecule has 0 aromatic rings. The number of carboxylic acids is 2. The van der Waals surface area contributed by atoms with Crippen LogP contribution in [0.5, 0.6) is 0 Å². The largest absolute Gasteiger partial charge is 0.478 e. The molecule has 0 aliphatic carbocycles. The monoisotopic (exact) mass is 274 g/mol. The third-order valence-electron chi connectivity index (χ3n) is 2.40. The predicted molar refractivity (Wildman–Crippen MR) is 74.1 cm³/mol. The van der Waals surface area contributed by atoms with E-state index >= 15 is 0 Å². The van der Waals surface area contributed by atoms with Gasteiger partial charge in [0.2, 0.25) is 0 Å². The van der Waals surface area contributed by atoms with Crippen molar-refractivity contribution in [3.8, 4) is 0 Å². The Hall–Kier alpha value is -1.36. The Morgan fingerprint density at radius 1 is 0.895 bits per heavy atom. The average molecular weight is 274 g/mol. The van der Waals surface area contributed by atoms with E-state index < -0.39 is 11.9 Å². The highest BCUT2D eigenvalue weighted by atomic mass is 16.4. The number of aliphatic hydroxyl groups is 1. The summed E-state index contributed by atoms with van der Waals surface area (Å²) in [7, 11) is 0. The molecule has 0 rings (SSSR count). The molecule has 112 valence electrons. The molecular weight excluding hydrogens is 248 g/mol. The van der Waals surface area contributed by atoms with Gasteiger partial charge < -0.3 is 15.3 Å². The topological polar surface area (TPSA) is 94.8 Å². The van der Waals surface area contributed by atoms with Crippen molar-refractivity contribution in [1.82, 2.24) is 0 Å². The number of aliphatic hydroxyl groups excluding tert-OH is 1. The van der Waals surface area contributed by atoms with E-state index in [-0.39, 0.29) is 6.10 Å². The van der Waals surface area contributed by atoms with Gasteiger partial charge in [-0.15, -0.1) is 0 Å². The highest BCUT2D eigenvalue weighted by Gasteiger charge is 2.01. The zero-order valence-electron chi connectivity index (χ0n) is 11.8. The molecule has 0 spiro atoms. The molecule has 5 heteroatoms. The Labute approximate surface area is 115 Å². The van der Waals surface area contributed by atoms with Gasteiger partial charge in [0.1, 0.15) is 0 Å². The predicted octanol–water partition coefficient (Wildman–Crippen LogP) is 2.83. The quantitative estimate of drug-likeness (QED) is 0.444. The summed E-state index contributed by atoms with van der Waals surface area (Å²) in [4.78, 5) is 19.1. The standard InChI is InChI=1S/C10H22O.C4H4O4/c1-3-5-7-9-10(11)8-6-4-2;5-3(6)1-2-4(7)8/h10-11H,3-9H2,1-2H3;1-2H,(H,5,6)(H,7,8)/b;2-1+. The summed E-state index contributed by atoms with van der Waals surface area (Å²) in [6.45, 7) is 4.36. The summed E-state index contributed by atoms with van der Waals surface area (Å²) in [6, 6.07) is 0. The summed E-state index contributed by atoms with van der Waals surface area (Å²) in [6.07, 6.45) is 9.18. The zero-order valence-corrected chi connectivity index (χ0v) is 11.8. The molecule has 0 saturated heterocycles. The molecule has 1 atom stereocenters. The number of hydrogen-bond acceptors (Lipinski definition) is 3. The fraction of sp³-hybridized carbons (Fsp3) is 0.714. The van der Waals surface area contributed by atoms with Gasteiger partial charge in [-0.25, -0.2) is 9.59 Å². The van der Waals surface area contributed by atoms with E-state index in [4.69, 9.17) is 10.2 Å². The molecule has 19 heavy (non-hydrogen) atoms. The average Bonchev–Trinajstić information content (AvgIpc) is 2.35. The summed E-state index contributed by atoms with van der Waals surface area (Å²) < 4.78 is 0. The van der Waals surface area contributed by atoms with Crippen molar-refractivity contribution in [3.63, 3.8) is 0 Å². The van der Waals surface area contributed by atoms with Crippen molar-refractivity contribution in [2.45, 2.75) is 64.9 Å². The molecule has 0 aliphatic rings. The number of carbonyl (C=O) groups is 2. The lowest BCUT2D eigenvalue weighted by molar-refractivity contribution is -0.134. The first-order valence-corrected chi connectivity index (χ1v) is 6.76. The number of unbranched alkanes of at least 4 members (excludes halogenated alkanes) is 3. The Morgan fingerprint density at radius 2 is 1.32 bits per heavy atom. The van der Waals surface area contributed by atoms with Crippen molar-refractivity contribution in [2.24, 2.45) is 0 Å². The fourth-order valence-corrected chi connectivity index (χ4v) is 1.36. The summed E-state index contributed by atoms with van der Waals surface area (Å²) in [5.41, 5.74) is 0. The minimum atomic E-state index is -1.26. The van der Waals surface area contributed by atoms with Crippen molar-refractivity contribution in [1.29, 1.82) is 0 Å². The number of hydrogen-bond donors (Lipinski definition) is 3. The van der Waals surface area contributed by atoms with Gasteiger partial charge in [-0.1, -0.05) is 46.0 Å². The normalized spacial score (nSPS) is 11.7. The molecule has 0 aromatic carbocycles. The minimum Gasteiger partial charge on any atom is -0.478 e. The van der Waals surface area contributed by atoms with Crippen molar-refractivity contribution >= 4 is 11.9 Å². The Morgan fingerprint density at radius 3 is 1.68 bits per heavy atom. The molecule has 0 saturated carbocycles. The van der Waals surface area contributed by atoms with Gasteiger partial charge >= 0.3 is 11.9 Å². The maximum Gasteiger partial charge on any atom is 0.328 e. The van der Waals surface area contributed by atoms with Crippen LogP contribution < -0.4 is 0 Å². The van der Waals surface area contributed by atoms with E-state index in [1.165, 1.54) is 32.1 Å².